The van der Waals surface area contributed by atoms with E-state index in [1.807, 2.05) is 6.92 Å². The number of nitrogens with zero attached hydrogens (tertiary/aromatic N) is 6. The Morgan fingerprint density at radius 1 is 1.14 bits per heavy atom. The number of halogens is 2. The van der Waals surface area contributed by atoms with Gasteiger partial charge in [-0.3, -0.25) is 19.0 Å². The van der Waals surface area contributed by atoms with E-state index in [9.17, 15) is 23.2 Å². The molecule has 0 unspecified atom stereocenters. The molecule has 0 saturated carbocycles. The Kier molecular flexibility index (Phi) is 7.00. The number of amides is 1. The maximum atomic E-state index is 13.6. The molecule has 2 N–H and O–H groups in total. The summed E-state index contributed by atoms with van der Waals surface area (Å²) >= 11 is 0. The topological polar surface area (TPSA) is 127 Å². The van der Waals surface area contributed by atoms with Crippen LogP contribution in [-0.4, -0.2) is 56.1 Å². The van der Waals surface area contributed by atoms with Crippen molar-refractivity contribution < 1.29 is 13.6 Å². The van der Waals surface area contributed by atoms with Crippen LogP contribution in [0.2, 0.25) is 0 Å². The first-order chi connectivity index (χ1) is 17.1. The lowest BCUT2D eigenvalue weighted by atomic mass is 10.1. The van der Waals surface area contributed by atoms with Gasteiger partial charge in [0, 0.05) is 64.8 Å². The summed E-state index contributed by atoms with van der Waals surface area (Å²) in [5, 5.41) is 5.69. The third-order valence-corrected chi connectivity index (χ3v) is 6.30. The standard InChI is InChI=1S/C23H28F2N8O3/c1-4-14-12-28-22(32-9-6-23(24,25)7-10-32)30-18(14)29-15-11-16-19(27-13-15)31(3)20(35)21(36)33(16)8-5-17(34)26-2/h11-13H,4-10H2,1-3H3,(H,26,34)(H,28,29,30). The van der Waals surface area contributed by atoms with E-state index in [1.54, 1.807) is 17.2 Å². The number of hydrogen-bond acceptors (Lipinski definition) is 8. The monoisotopic (exact) mass is 502 g/mol. The summed E-state index contributed by atoms with van der Waals surface area (Å²) in [4.78, 5) is 51.9. The normalized spacial score (nSPS) is 15.2. The molecule has 1 amide bonds. The summed E-state index contributed by atoms with van der Waals surface area (Å²) in [6, 6.07) is 1.66. The van der Waals surface area contributed by atoms with Crippen molar-refractivity contribution in [3.05, 3.63) is 44.7 Å². The van der Waals surface area contributed by atoms with Gasteiger partial charge in [-0.1, -0.05) is 6.92 Å². The molecule has 192 valence electrons. The van der Waals surface area contributed by atoms with Gasteiger partial charge < -0.3 is 20.1 Å². The number of carbonyl (C=O) groups is 1. The second-order valence-electron chi connectivity index (χ2n) is 8.68. The highest BCUT2D eigenvalue weighted by Crippen LogP contribution is 2.30. The van der Waals surface area contributed by atoms with Gasteiger partial charge in [0.2, 0.25) is 11.9 Å². The molecule has 3 aromatic rings. The molecule has 4 heterocycles. The summed E-state index contributed by atoms with van der Waals surface area (Å²) in [5.41, 5.74) is 0.469. The highest BCUT2D eigenvalue weighted by Gasteiger charge is 2.35. The molecule has 1 aliphatic rings. The fourth-order valence-electron chi connectivity index (χ4n) is 4.08. The maximum absolute atomic E-state index is 13.6. The summed E-state index contributed by atoms with van der Waals surface area (Å²) < 4.78 is 29.6. The van der Waals surface area contributed by atoms with E-state index in [4.69, 9.17) is 0 Å². The molecule has 0 bridgehead atoms. The van der Waals surface area contributed by atoms with Crippen LogP contribution in [0.3, 0.4) is 0 Å². The van der Waals surface area contributed by atoms with Crippen LogP contribution < -0.4 is 26.7 Å². The van der Waals surface area contributed by atoms with E-state index in [0.717, 1.165) is 5.56 Å². The van der Waals surface area contributed by atoms with E-state index in [2.05, 4.69) is 25.6 Å². The maximum Gasteiger partial charge on any atom is 0.317 e. The minimum absolute atomic E-state index is 0.00762. The number of hydrogen-bond donors (Lipinski definition) is 2. The second kappa shape index (κ2) is 9.99. The number of piperidine rings is 1. The predicted molar refractivity (Wildman–Crippen MR) is 131 cm³/mol. The van der Waals surface area contributed by atoms with Crippen LogP contribution >= 0.6 is 0 Å². The van der Waals surface area contributed by atoms with Crippen molar-refractivity contribution >= 4 is 34.5 Å². The van der Waals surface area contributed by atoms with Crippen molar-refractivity contribution in [2.75, 3.05) is 30.4 Å². The van der Waals surface area contributed by atoms with Crippen molar-refractivity contribution in [1.82, 2.24) is 29.4 Å². The number of aryl methyl sites for hydroxylation is 3. The minimum Gasteiger partial charge on any atom is -0.359 e. The van der Waals surface area contributed by atoms with Crippen LogP contribution in [0.4, 0.5) is 26.2 Å². The average molecular weight is 503 g/mol. The van der Waals surface area contributed by atoms with Crippen molar-refractivity contribution in [3.8, 4) is 0 Å². The lowest BCUT2D eigenvalue weighted by molar-refractivity contribution is -0.120. The van der Waals surface area contributed by atoms with E-state index in [0.29, 0.717) is 29.4 Å². The van der Waals surface area contributed by atoms with E-state index in [1.165, 1.54) is 29.4 Å². The number of aromatic nitrogens is 5. The molecule has 0 spiro atoms. The number of rotatable bonds is 7. The van der Waals surface area contributed by atoms with Gasteiger partial charge in [-0.15, -0.1) is 0 Å². The van der Waals surface area contributed by atoms with Crippen LogP contribution in [0.25, 0.3) is 11.2 Å². The van der Waals surface area contributed by atoms with Gasteiger partial charge in [-0.2, -0.15) is 4.98 Å². The Morgan fingerprint density at radius 3 is 2.53 bits per heavy atom. The Balaban J connectivity index is 1.71. The number of pyridine rings is 1. The quantitative estimate of drug-likeness (QED) is 0.466. The van der Waals surface area contributed by atoms with Gasteiger partial charge in [0.05, 0.1) is 17.4 Å². The van der Waals surface area contributed by atoms with Crippen molar-refractivity contribution in [2.24, 2.45) is 7.05 Å². The second-order valence-corrected chi connectivity index (χ2v) is 8.68. The van der Waals surface area contributed by atoms with Crippen LogP contribution in [0.1, 0.15) is 31.7 Å². The first kappa shape index (κ1) is 25.2. The molecule has 3 aromatic heterocycles. The lowest BCUT2D eigenvalue weighted by Crippen LogP contribution is -2.41. The van der Waals surface area contributed by atoms with E-state index in [-0.39, 0.29) is 50.5 Å². The highest BCUT2D eigenvalue weighted by molar-refractivity contribution is 5.78. The molecule has 1 fully saturated rings. The molecule has 11 nitrogen and oxygen atoms in total. The Labute approximate surface area is 205 Å². The Morgan fingerprint density at radius 2 is 1.86 bits per heavy atom. The highest BCUT2D eigenvalue weighted by atomic mass is 19.3. The third-order valence-electron chi connectivity index (χ3n) is 6.30. The summed E-state index contributed by atoms with van der Waals surface area (Å²) in [7, 11) is 2.96. The van der Waals surface area contributed by atoms with Gasteiger partial charge in [0.15, 0.2) is 5.65 Å². The first-order valence-electron chi connectivity index (χ1n) is 11.7. The largest absolute Gasteiger partial charge is 0.359 e. The summed E-state index contributed by atoms with van der Waals surface area (Å²) in [6.45, 7) is 2.26. The average Bonchev–Trinajstić information content (AvgIpc) is 2.87. The van der Waals surface area contributed by atoms with Crippen LogP contribution in [0, 0.1) is 0 Å². The van der Waals surface area contributed by atoms with Crippen LogP contribution in [0.5, 0.6) is 0 Å². The van der Waals surface area contributed by atoms with Gasteiger partial charge in [-0.05, 0) is 12.5 Å². The predicted octanol–water partition coefficient (Wildman–Crippen LogP) is 1.56. The Bertz CT molecular complexity index is 1410. The molecule has 0 aromatic carbocycles. The first-order valence-corrected chi connectivity index (χ1v) is 11.7. The fourth-order valence-corrected chi connectivity index (χ4v) is 4.08. The smallest absolute Gasteiger partial charge is 0.317 e. The molecular formula is C23H28F2N8O3. The summed E-state index contributed by atoms with van der Waals surface area (Å²) in [6.07, 6.45) is 3.30. The number of carbonyl (C=O) groups excluding carboxylic acids is 1. The molecule has 0 aliphatic carbocycles. The zero-order chi connectivity index (χ0) is 26.0. The molecule has 36 heavy (non-hydrogen) atoms. The molecule has 1 saturated heterocycles. The summed E-state index contributed by atoms with van der Waals surface area (Å²) in [5.74, 6) is -2.10. The van der Waals surface area contributed by atoms with Crippen molar-refractivity contribution in [2.45, 2.75) is 45.1 Å². The Hall–Kier alpha value is -3.90. The van der Waals surface area contributed by atoms with E-state index >= 15 is 0 Å². The van der Waals surface area contributed by atoms with Gasteiger partial charge >= 0.3 is 11.1 Å². The lowest BCUT2D eigenvalue weighted by Gasteiger charge is -2.32. The van der Waals surface area contributed by atoms with Crippen LogP contribution in [0.15, 0.2) is 28.0 Å². The number of fused-ring (bicyclic) bond motifs is 1. The van der Waals surface area contributed by atoms with Gasteiger partial charge in [0.25, 0.3) is 5.92 Å². The zero-order valence-electron chi connectivity index (χ0n) is 20.3. The molecule has 13 heteroatoms. The molecular weight excluding hydrogens is 474 g/mol. The van der Waals surface area contributed by atoms with Crippen LogP contribution in [-0.2, 0) is 24.8 Å². The number of nitrogens with one attached hydrogen (secondary N) is 2. The molecule has 1 aliphatic heterocycles. The van der Waals surface area contributed by atoms with E-state index < -0.39 is 17.0 Å². The number of alkyl halides is 2. The fraction of sp³-hybridized carbons (Fsp3) is 0.478. The molecule has 4 rings (SSSR count). The third kappa shape index (κ3) is 5.04. The van der Waals surface area contributed by atoms with Crippen molar-refractivity contribution in [1.29, 1.82) is 0 Å². The zero-order valence-corrected chi connectivity index (χ0v) is 20.3. The minimum atomic E-state index is -2.68. The molecule has 0 radical (unpaired) electrons. The van der Waals surface area contributed by atoms with Gasteiger partial charge in [-0.25, -0.2) is 18.7 Å². The van der Waals surface area contributed by atoms with Gasteiger partial charge in [0.1, 0.15) is 5.82 Å². The molecule has 0 atom stereocenters. The van der Waals surface area contributed by atoms with Crippen molar-refractivity contribution in [3.63, 3.8) is 0 Å². The number of anilines is 3. The SMILES string of the molecule is CCc1cnc(N2CCC(F)(F)CC2)nc1Nc1cnc2c(c1)n(CCC(=O)NC)c(=O)c(=O)n2C.